The lowest BCUT2D eigenvalue weighted by molar-refractivity contribution is -0.154. The van der Waals surface area contributed by atoms with Gasteiger partial charge in [0.1, 0.15) is 18.1 Å². The summed E-state index contributed by atoms with van der Waals surface area (Å²) >= 11 is 0. The molecule has 0 N–H and O–H groups in total. The molecule has 1 aliphatic rings. The maximum absolute atomic E-state index is 5.59. The van der Waals surface area contributed by atoms with Gasteiger partial charge in [0.2, 0.25) is 0 Å². The smallest absolute Gasteiger partial charge is 0.158 e. The van der Waals surface area contributed by atoms with E-state index in [1.807, 2.05) is 18.2 Å². The van der Waals surface area contributed by atoms with Crippen molar-refractivity contribution in [2.75, 3.05) is 27.4 Å². The molecule has 0 saturated carbocycles. The monoisotopic (exact) mass is 384 g/mol. The van der Waals surface area contributed by atoms with Crippen LogP contribution in [-0.2, 0) is 9.47 Å². The van der Waals surface area contributed by atoms with E-state index in [0.29, 0.717) is 6.61 Å². The highest BCUT2D eigenvalue weighted by Gasteiger charge is 2.12. The van der Waals surface area contributed by atoms with E-state index in [1.54, 1.807) is 14.2 Å². The van der Waals surface area contributed by atoms with Crippen molar-refractivity contribution < 1.29 is 18.9 Å². The lowest BCUT2D eigenvalue weighted by Crippen LogP contribution is -2.22. The number of benzene rings is 1. The van der Waals surface area contributed by atoms with Gasteiger partial charge in [0, 0.05) is 25.5 Å². The minimum absolute atomic E-state index is 0.0398. The summed E-state index contributed by atoms with van der Waals surface area (Å²) in [6.07, 6.45) is 9.74. The topological polar surface area (TPSA) is 36.9 Å². The molecule has 0 spiro atoms. The summed E-state index contributed by atoms with van der Waals surface area (Å²) in [7, 11) is 3.30. The van der Waals surface area contributed by atoms with E-state index >= 15 is 0 Å². The number of rotatable bonds is 9. The fraction of sp³-hybridized carbons (Fsp3) is 0.583. The highest BCUT2D eigenvalue weighted by atomic mass is 16.7. The van der Waals surface area contributed by atoms with Crippen molar-refractivity contribution >= 4 is 0 Å². The van der Waals surface area contributed by atoms with Crippen LogP contribution in [0.2, 0.25) is 0 Å². The molecule has 0 aromatic heterocycles. The summed E-state index contributed by atoms with van der Waals surface area (Å²) in [6.45, 7) is 1.30. The molecule has 1 saturated heterocycles. The van der Waals surface area contributed by atoms with Gasteiger partial charge in [0.25, 0.3) is 0 Å². The van der Waals surface area contributed by atoms with Crippen LogP contribution in [0, 0.1) is 23.7 Å². The predicted molar refractivity (Wildman–Crippen MR) is 111 cm³/mol. The first-order chi connectivity index (χ1) is 13.8. The largest absolute Gasteiger partial charge is 0.497 e. The highest BCUT2D eigenvalue weighted by molar-refractivity contribution is 5.49. The number of unbranched alkanes of at least 4 members (excludes halogenated alkanes) is 5. The van der Waals surface area contributed by atoms with Crippen LogP contribution >= 0.6 is 0 Å². The standard InChI is InChI=1S/C24H32O4/c1-25-22-17-16-21(23(20-22)26-2)14-10-8-6-4-3-5-7-9-12-18-27-24-15-11-13-19-28-24/h16-17,20,24H,3-8,11,13,15,18-19H2,1-2H3. The molecule has 1 aromatic rings. The first-order valence-corrected chi connectivity index (χ1v) is 10.2. The summed E-state index contributed by atoms with van der Waals surface area (Å²) in [5.74, 6) is 14.2. The second-order valence-corrected chi connectivity index (χ2v) is 6.74. The van der Waals surface area contributed by atoms with Gasteiger partial charge >= 0.3 is 0 Å². The summed E-state index contributed by atoms with van der Waals surface area (Å²) in [4.78, 5) is 0. The molecule has 4 heteroatoms. The molecule has 0 radical (unpaired) electrons. The van der Waals surface area contributed by atoms with E-state index < -0.39 is 0 Å². The minimum Gasteiger partial charge on any atom is -0.497 e. The third-order valence-corrected chi connectivity index (χ3v) is 4.59. The van der Waals surface area contributed by atoms with E-state index in [2.05, 4.69) is 23.7 Å². The molecule has 0 aliphatic carbocycles. The molecule has 1 unspecified atom stereocenters. The molecule has 1 atom stereocenters. The van der Waals surface area contributed by atoms with Gasteiger partial charge in [0.15, 0.2) is 6.29 Å². The average Bonchev–Trinajstić information content (AvgIpc) is 2.75. The first-order valence-electron chi connectivity index (χ1n) is 10.2. The number of hydrogen-bond donors (Lipinski definition) is 0. The average molecular weight is 385 g/mol. The Morgan fingerprint density at radius 1 is 0.964 bits per heavy atom. The lowest BCUT2D eigenvalue weighted by Gasteiger charge is -2.21. The SMILES string of the molecule is COc1ccc(C#CCCCCCCC#CCOC2CCCCO2)c(OC)c1. The summed E-state index contributed by atoms with van der Waals surface area (Å²) < 4.78 is 21.7. The molecular weight excluding hydrogens is 352 g/mol. The fourth-order valence-corrected chi connectivity index (χ4v) is 2.96. The van der Waals surface area contributed by atoms with Crippen LogP contribution in [0.5, 0.6) is 11.5 Å². The molecule has 152 valence electrons. The van der Waals surface area contributed by atoms with Crippen molar-refractivity contribution in [1.29, 1.82) is 0 Å². The highest BCUT2D eigenvalue weighted by Crippen LogP contribution is 2.23. The quantitative estimate of drug-likeness (QED) is 0.446. The normalized spacial score (nSPS) is 15.7. The van der Waals surface area contributed by atoms with Gasteiger partial charge in [0.05, 0.1) is 19.8 Å². The zero-order chi connectivity index (χ0) is 19.9. The molecule has 1 heterocycles. The van der Waals surface area contributed by atoms with Crippen molar-refractivity contribution in [2.45, 2.75) is 64.1 Å². The van der Waals surface area contributed by atoms with Gasteiger partial charge in [-0.3, -0.25) is 0 Å². The Bertz CT molecular complexity index is 684. The summed E-state index contributed by atoms with van der Waals surface area (Å²) in [5, 5.41) is 0. The minimum atomic E-state index is -0.0398. The number of ether oxygens (including phenoxy) is 4. The molecule has 0 bridgehead atoms. The number of methoxy groups -OCH3 is 2. The van der Waals surface area contributed by atoms with E-state index in [4.69, 9.17) is 18.9 Å². The Kier molecular flexibility index (Phi) is 11.0. The van der Waals surface area contributed by atoms with Crippen LogP contribution in [0.15, 0.2) is 18.2 Å². The second kappa shape index (κ2) is 13.9. The Hall–Kier alpha value is -2.14. The Morgan fingerprint density at radius 3 is 2.50 bits per heavy atom. The Balaban J connectivity index is 1.51. The van der Waals surface area contributed by atoms with Crippen LogP contribution in [0.3, 0.4) is 0 Å². The predicted octanol–water partition coefficient (Wildman–Crippen LogP) is 4.94. The van der Waals surface area contributed by atoms with Crippen molar-refractivity contribution in [3.05, 3.63) is 23.8 Å². The van der Waals surface area contributed by atoms with E-state index in [1.165, 1.54) is 19.3 Å². The maximum atomic E-state index is 5.59. The van der Waals surface area contributed by atoms with E-state index in [-0.39, 0.29) is 6.29 Å². The van der Waals surface area contributed by atoms with Crippen molar-refractivity contribution in [1.82, 2.24) is 0 Å². The summed E-state index contributed by atoms with van der Waals surface area (Å²) in [5.41, 5.74) is 0.902. The first kappa shape index (κ1) is 22.2. The molecule has 28 heavy (non-hydrogen) atoms. The van der Waals surface area contributed by atoms with Crippen molar-refractivity contribution in [3.8, 4) is 35.2 Å². The third kappa shape index (κ3) is 8.70. The molecule has 1 aromatic carbocycles. The number of hydrogen-bond acceptors (Lipinski definition) is 4. The zero-order valence-corrected chi connectivity index (χ0v) is 17.2. The van der Waals surface area contributed by atoms with Crippen LogP contribution in [0.4, 0.5) is 0 Å². The van der Waals surface area contributed by atoms with Crippen LogP contribution in [0.1, 0.15) is 63.4 Å². The van der Waals surface area contributed by atoms with Gasteiger partial charge < -0.3 is 18.9 Å². The molecule has 0 amide bonds. The Labute approximate surface area is 169 Å². The molecule has 2 rings (SSSR count). The fourth-order valence-electron chi connectivity index (χ4n) is 2.96. The lowest BCUT2D eigenvalue weighted by atomic mass is 10.1. The molecule has 1 aliphatic heterocycles. The molecule has 4 nitrogen and oxygen atoms in total. The molecule has 1 fully saturated rings. The van der Waals surface area contributed by atoms with E-state index in [0.717, 1.165) is 62.2 Å². The summed E-state index contributed by atoms with van der Waals surface area (Å²) in [6, 6.07) is 5.70. The van der Waals surface area contributed by atoms with Gasteiger partial charge in [-0.05, 0) is 44.2 Å². The maximum Gasteiger partial charge on any atom is 0.158 e. The van der Waals surface area contributed by atoms with Crippen LogP contribution < -0.4 is 9.47 Å². The van der Waals surface area contributed by atoms with Gasteiger partial charge in [-0.2, -0.15) is 0 Å². The second-order valence-electron chi connectivity index (χ2n) is 6.74. The van der Waals surface area contributed by atoms with Crippen LogP contribution in [0.25, 0.3) is 0 Å². The zero-order valence-electron chi connectivity index (χ0n) is 17.2. The Morgan fingerprint density at radius 2 is 1.79 bits per heavy atom. The van der Waals surface area contributed by atoms with Crippen LogP contribution in [-0.4, -0.2) is 33.7 Å². The van der Waals surface area contributed by atoms with Gasteiger partial charge in [-0.15, -0.1) is 5.92 Å². The van der Waals surface area contributed by atoms with Crippen molar-refractivity contribution in [3.63, 3.8) is 0 Å². The molecular formula is C24H32O4. The van der Waals surface area contributed by atoms with Gasteiger partial charge in [-0.25, -0.2) is 0 Å². The third-order valence-electron chi connectivity index (χ3n) is 4.59. The van der Waals surface area contributed by atoms with Crippen molar-refractivity contribution in [2.24, 2.45) is 0 Å². The van der Waals surface area contributed by atoms with E-state index in [9.17, 15) is 0 Å². The van der Waals surface area contributed by atoms with Gasteiger partial charge in [-0.1, -0.05) is 30.6 Å².